The lowest BCUT2D eigenvalue weighted by Gasteiger charge is -2.39. The van der Waals surface area contributed by atoms with Gasteiger partial charge in [-0.05, 0) is 66.6 Å². The molecule has 0 heterocycles. The van der Waals surface area contributed by atoms with Crippen molar-refractivity contribution >= 4 is 0 Å². The monoisotopic (exact) mass is 388 g/mol. The highest BCUT2D eigenvalue weighted by Gasteiger charge is 2.33. The molecule has 2 aliphatic carbocycles. The summed E-state index contributed by atoms with van der Waals surface area (Å²) in [5.74, 6) is 3.69. The van der Waals surface area contributed by atoms with Gasteiger partial charge in [0, 0.05) is 0 Å². The van der Waals surface area contributed by atoms with E-state index in [0.717, 1.165) is 23.7 Å². The predicted octanol–water partition coefficient (Wildman–Crippen LogP) is 9.59. The van der Waals surface area contributed by atoms with E-state index in [1.165, 1.54) is 83.5 Å². The Balaban J connectivity index is 1.76. The smallest absolute Gasteiger partial charge is 0.0150 e. The lowest BCUT2D eigenvalue weighted by atomic mass is 9.66. The van der Waals surface area contributed by atoms with Crippen LogP contribution in [0.15, 0.2) is 11.6 Å². The first kappa shape index (κ1) is 24.0. The van der Waals surface area contributed by atoms with Crippen LogP contribution in [0.3, 0.4) is 0 Å². The van der Waals surface area contributed by atoms with Gasteiger partial charge in [0.15, 0.2) is 0 Å². The average molecular weight is 389 g/mol. The molecule has 0 aromatic rings. The third-order valence-corrected chi connectivity index (χ3v) is 7.63. The summed E-state index contributed by atoms with van der Waals surface area (Å²) < 4.78 is 0. The second-order valence-corrected chi connectivity index (χ2v) is 12.9. The van der Waals surface area contributed by atoms with Crippen LogP contribution in [0.2, 0.25) is 0 Å². The summed E-state index contributed by atoms with van der Waals surface area (Å²) in [6, 6.07) is 0. The third kappa shape index (κ3) is 8.62. The largest absolute Gasteiger partial charge is 0.0848 e. The lowest BCUT2D eigenvalue weighted by Crippen LogP contribution is -2.28. The van der Waals surface area contributed by atoms with Gasteiger partial charge in [-0.2, -0.15) is 0 Å². The second-order valence-electron chi connectivity index (χ2n) is 12.9. The second kappa shape index (κ2) is 10.7. The fourth-order valence-corrected chi connectivity index (χ4v) is 5.96. The van der Waals surface area contributed by atoms with Crippen molar-refractivity contribution in [2.24, 2.45) is 34.5 Å². The molecule has 0 saturated heterocycles. The predicted molar refractivity (Wildman–Crippen MR) is 127 cm³/mol. The van der Waals surface area contributed by atoms with Crippen LogP contribution in [-0.2, 0) is 0 Å². The number of hydrogen-bond acceptors (Lipinski definition) is 0. The fourth-order valence-electron chi connectivity index (χ4n) is 5.96. The van der Waals surface area contributed by atoms with Crippen molar-refractivity contribution in [3.8, 4) is 0 Å². The zero-order valence-electron chi connectivity index (χ0n) is 20.6. The highest BCUT2D eigenvalue weighted by molar-refractivity contribution is 5.14. The molecule has 3 atom stereocenters. The molecule has 0 heteroatoms. The van der Waals surface area contributed by atoms with Gasteiger partial charge in [0.25, 0.3) is 0 Å². The first-order valence-electron chi connectivity index (χ1n) is 12.7. The summed E-state index contributed by atoms with van der Waals surface area (Å²) in [5, 5.41) is 0. The molecule has 0 spiro atoms. The molecule has 0 N–H and O–H groups in total. The highest BCUT2D eigenvalue weighted by atomic mass is 14.4. The van der Waals surface area contributed by atoms with Crippen LogP contribution in [0.25, 0.3) is 0 Å². The summed E-state index contributed by atoms with van der Waals surface area (Å²) >= 11 is 0. The van der Waals surface area contributed by atoms with E-state index < -0.39 is 0 Å². The summed E-state index contributed by atoms with van der Waals surface area (Å²) in [4.78, 5) is 0. The molecular formula is C28H52. The Kier molecular flexibility index (Phi) is 9.15. The highest BCUT2D eigenvalue weighted by Crippen LogP contribution is 2.44. The van der Waals surface area contributed by atoms with E-state index in [1.807, 2.05) is 0 Å². The number of rotatable bonds is 8. The van der Waals surface area contributed by atoms with Gasteiger partial charge in [-0.15, -0.1) is 0 Å². The molecule has 0 aromatic carbocycles. The Morgan fingerprint density at radius 1 is 0.929 bits per heavy atom. The van der Waals surface area contributed by atoms with Crippen molar-refractivity contribution in [1.29, 1.82) is 0 Å². The minimum Gasteiger partial charge on any atom is -0.0848 e. The third-order valence-electron chi connectivity index (χ3n) is 7.63. The molecule has 3 unspecified atom stereocenters. The molecule has 0 nitrogen and oxygen atoms in total. The summed E-state index contributed by atoms with van der Waals surface area (Å²) in [7, 11) is 0. The van der Waals surface area contributed by atoms with Gasteiger partial charge in [-0.1, -0.05) is 111 Å². The number of hydrogen-bond donors (Lipinski definition) is 0. The normalized spacial score (nSPS) is 24.7. The van der Waals surface area contributed by atoms with Crippen LogP contribution < -0.4 is 0 Å². The maximum atomic E-state index is 2.67. The fraction of sp³-hybridized carbons (Fsp3) is 0.929. The molecule has 164 valence electrons. The molecular weight excluding hydrogens is 336 g/mol. The van der Waals surface area contributed by atoms with Gasteiger partial charge in [0.1, 0.15) is 0 Å². The zero-order chi connectivity index (χ0) is 20.8. The quantitative estimate of drug-likeness (QED) is 0.363. The standard InChI is InChI=1S/C28H52/c1-22(12-11-15-23-13-9-8-10-14-23)20-24-16-18-25(19-17-24)26(28(5,6)7)21-27(2,3)4/h18,22-24,26H,8-17,19-21H2,1-7H3. The molecule has 2 rings (SSSR count). The van der Waals surface area contributed by atoms with Crippen LogP contribution in [-0.4, -0.2) is 0 Å². The van der Waals surface area contributed by atoms with Gasteiger partial charge < -0.3 is 0 Å². The van der Waals surface area contributed by atoms with Gasteiger partial charge in [0.05, 0.1) is 0 Å². The molecule has 1 fully saturated rings. The topological polar surface area (TPSA) is 0 Å². The van der Waals surface area contributed by atoms with E-state index in [9.17, 15) is 0 Å². The van der Waals surface area contributed by atoms with Crippen LogP contribution in [0.4, 0.5) is 0 Å². The minimum atomic E-state index is 0.387. The van der Waals surface area contributed by atoms with Gasteiger partial charge in [0.2, 0.25) is 0 Å². The Labute approximate surface area is 178 Å². The molecule has 0 bridgehead atoms. The van der Waals surface area contributed by atoms with Crippen LogP contribution in [0.1, 0.15) is 132 Å². The zero-order valence-corrected chi connectivity index (χ0v) is 20.6. The summed E-state index contributed by atoms with van der Waals surface area (Å²) in [6.45, 7) is 17.1. The van der Waals surface area contributed by atoms with E-state index in [2.05, 4.69) is 54.5 Å². The van der Waals surface area contributed by atoms with E-state index in [1.54, 1.807) is 5.57 Å². The number of allylic oxidation sites excluding steroid dienone is 2. The van der Waals surface area contributed by atoms with E-state index in [-0.39, 0.29) is 0 Å². The molecule has 0 aliphatic heterocycles. The SMILES string of the molecule is CC(CCCC1CCCCC1)CC1CC=C(C(CC(C)(C)C)C(C)(C)C)CC1. The van der Waals surface area contributed by atoms with Crippen LogP contribution in [0.5, 0.6) is 0 Å². The maximum absolute atomic E-state index is 2.67. The van der Waals surface area contributed by atoms with Gasteiger partial charge >= 0.3 is 0 Å². The van der Waals surface area contributed by atoms with Gasteiger partial charge in [-0.3, -0.25) is 0 Å². The first-order chi connectivity index (χ1) is 13.0. The minimum absolute atomic E-state index is 0.387. The van der Waals surface area contributed by atoms with Crippen molar-refractivity contribution in [3.05, 3.63) is 11.6 Å². The van der Waals surface area contributed by atoms with Crippen LogP contribution in [0, 0.1) is 34.5 Å². The van der Waals surface area contributed by atoms with E-state index >= 15 is 0 Å². The molecule has 2 aliphatic rings. The lowest BCUT2D eigenvalue weighted by molar-refractivity contribution is 0.186. The summed E-state index contributed by atoms with van der Waals surface area (Å²) in [6.07, 6.45) is 21.6. The van der Waals surface area contributed by atoms with E-state index in [4.69, 9.17) is 0 Å². The molecule has 1 saturated carbocycles. The Bertz CT molecular complexity index is 463. The Morgan fingerprint density at radius 3 is 2.14 bits per heavy atom. The maximum Gasteiger partial charge on any atom is -0.0150 e. The van der Waals surface area contributed by atoms with Crippen molar-refractivity contribution in [2.45, 2.75) is 132 Å². The Hall–Kier alpha value is -0.260. The van der Waals surface area contributed by atoms with Crippen LogP contribution >= 0.6 is 0 Å². The first-order valence-corrected chi connectivity index (χ1v) is 12.7. The van der Waals surface area contributed by atoms with Gasteiger partial charge in [-0.25, -0.2) is 0 Å². The van der Waals surface area contributed by atoms with Crippen molar-refractivity contribution < 1.29 is 0 Å². The van der Waals surface area contributed by atoms with Crippen molar-refractivity contribution in [3.63, 3.8) is 0 Å². The van der Waals surface area contributed by atoms with Crippen molar-refractivity contribution in [1.82, 2.24) is 0 Å². The van der Waals surface area contributed by atoms with Crippen molar-refractivity contribution in [2.75, 3.05) is 0 Å². The molecule has 0 radical (unpaired) electrons. The van der Waals surface area contributed by atoms with E-state index in [0.29, 0.717) is 10.8 Å². The Morgan fingerprint density at radius 2 is 1.61 bits per heavy atom. The average Bonchev–Trinajstić information content (AvgIpc) is 2.60. The molecule has 0 aromatic heterocycles. The molecule has 0 amide bonds. The molecule has 28 heavy (non-hydrogen) atoms. The summed E-state index contributed by atoms with van der Waals surface area (Å²) in [5.41, 5.74) is 2.59.